The van der Waals surface area contributed by atoms with Gasteiger partial charge in [-0.1, -0.05) is 42.5 Å². The van der Waals surface area contributed by atoms with Crippen molar-refractivity contribution in [3.8, 4) is 0 Å². The SMILES string of the molecule is CN(C)C/C=C/C(=O)Nc1cccc(N2C(=O)N(Cc3ccccc3)Cc3cnc(Nc4ccc(N5CCN(C)CC5)nc4)nc32)c1. The lowest BCUT2D eigenvalue weighted by atomic mass is 10.1. The maximum absolute atomic E-state index is 14.2. The first kappa shape index (κ1) is 31.6. The number of anilines is 6. The summed E-state index contributed by atoms with van der Waals surface area (Å²) in [7, 11) is 6.01. The number of aromatic nitrogens is 3. The third kappa shape index (κ3) is 7.91. The third-order valence-electron chi connectivity index (χ3n) is 8.04. The number of fused-ring (bicyclic) bond motifs is 1. The molecule has 6 rings (SSSR count). The number of carbonyl (C=O) groups is 2. The number of nitrogens with one attached hydrogen (secondary N) is 2. The molecular formula is C35H40N10O2. The third-order valence-corrected chi connectivity index (χ3v) is 8.04. The van der Waals surface area contributed by atoms with Crippen molar-refractivity contribution < 1.29 is 9.59 Å². The highest BCUT2D eigenvalue weighted by Crippen LogP contribution is 2.36. The van der Waals surface area contributed by atoms with Crippen LogP contribution in [0.4, 0.5) is 39.4 Å². The Balaban J connectivity index is 1.27. The number of hydrogen-bond donors (Lipinski definition) is 2. The lowest BCUT2D eigenvalue weighted by Crippen LogP contribution is -2.45. The summed E-state index contributed by atoms with van der Waals surface area (Å²) in [6, 6.07) is 20.8. The van der Waals surface area contributed by atoms with Crippen molar-refractivity contribution in [1.29, 1.82) is 0 Å². The van der Waals surface area contributed by atoms with Crippen LogP contribution in [0.5, 0.6) is 0 Å². The van der Waals surface area contributed by atoms with Crippen LogP contribution in [0.3, 0.4) is 0 Å². The van der Waals surface area contributed by atoms with Crippen molar-refractivity contribution in [3.05, 3.63) is 102 Å². The number of carbonyl (C=O) groups excluding carboxylic acids is 2. The Morgan fingerprint density at radius 1 is 0.936 bits per heavy atom. The zero-order chi connectivity index (χ0) is 32.8. The first-order valence-corrected chi connectivity index (χ1v) is 15.7. The van der Waals surface area contributed by atoms with E-state index in [1.807, 2.05) is 73.6 Å². The van der Waals surface area contributed by atoms with Crippen LogP contribution in [0.1, 0.15) is 11.1 Å². The highest BCUT2D eigenvalue weighted by Gasteiger charge is 2.33. The van der Waals surface area contributed by atoms with E-state index in [4.69, 9.17) is 4.98 Å². The molecule has 242 valence electrons. The molecule has 2 aromatic heterocycles. The predicted octanol–water partition coefficient (Wildman–Crippen LogP) is 4.70. The molecule has 0 saturated carbocycles. The Morgan fingerprint density at radius 3 is 2.49 bits per heavy atom. The molecule has 2 aromatic carbocycles. The zero-order valence-corrected chi connectivity index (χ0v) is 27.0. The van der Waals surface area contributed by atoms with Crippen molar-refractivity contribution in [1.82, 2.24) is 29.7 Å². The van der Waals surface area contributed by atoms with Gasteiger partial charge in [0, 0.05) is 62.8 Å². The van der Waals surface area contributed by atoms with Crippen LogP contribution in [0.25, 0.3) is 0 Å². The number of hydrogen-bond acceptors (Lipinski definition) is 9. The molecule has 4 heterocycles. The molecule has 0 aliphatic carbocycles. The average molecular weight is 633 g/mol. The fourth-order valence-corrected chi connectivity index (χ4v) is 5.52. The van der Waals surface area contributed by atoms with Gasteiger partial charge in [-0.3, -0.25) is 4.79 Å². The van der Waals surface area contributed by atoms with Gasteiger partial charge < -0.3 is 30.2 Å². The van der Waals surface area contributed by atoms with Gasteiger partial charge in [0.25, 0.3) is 0 Å². The Labute approximate surface area is 275 Å². The molecule has 0 atom stereocenters. The van der Waals surface area contributed by atoms with Gasteiger partial charge in [-0.25, -0.2) is 19.7 Å². The second-order valence-corrected chi connectivity index (χ2v) is 12.0. The molecule has 0 unspecified atom stereocenters. The molecule has 0 spiro atoms. The summed E-state index contributed by atoms with van der Waals surface area (Å²) in [5.41, 5.74) is 3.70. The van der Waals surface area contributed by atoms with Crippen molar-refractivity contribution in [3.63, 3.8) is 0 Å². The summed E-state index contributed by atoms with van der Waals surface area (Å²) in [5, 5.41) is 6.17. The van der Waals surface area contributed by atoms with E-state index in [1.165, 1.54) is 6.08 Å². The second-order valence-electron chi connectivity index (χ2n) is 12.0. The summed E-state index contributed by atoms with van der Waals surface area (Å²) in [4.78, 5) is 50.8. The summed E-state index contributed by atoms with van der Waals surface area (Å²) < 4.78 is 0. The van der Waals surface area contributed by atoms with Crippen LogP contribution in [0.15, 0.2) is 91.3 Å². The summed E-state index contributed by atoms with van der Waals surface area (Å²) in [6.07, 6.45) is 6.84. The van der Waals surface area contributed by atoms with Gasteiger partial charge in [0.2, 0.25) is 11.9 Å². The van der Waals surface area contributed by atoms with Gasteiger partial charge in [0.15, 0.2) is 5.82 Å². The molecular weight excluding hydrogens is 592 g/mol. The lowest BCUT2D eigenvalue weighted by molar-refractivity contribution is -0.111. The number of pyridine rings is 1. The molecule has 2 aliphatic rings. The Hall–Kier alpha value is -5.33. The maximum atomic E-state index is 14.2. The maximum Gasteiger partial charge on any atom is 0.330 e. The molecule has 2 N–H and O–H groups in total. The lowest BCUT2D eigenvalue weighted by Gasteiger charge is -2.36. The fraction of sp³-hybridized carbons (Fsp3) is 0.286. The van der Waals surface area contributed by atoms with Crippen LogP contribution in [-0.2, 0) is 17.9 Å². The van der Waals surface area contributed by atoms with E-state index >= 15 is 0 Å². The van der Waals surface area contributed by atoms with Crippen molar-refractivity contribution in [2.75, 3.05) is 74.3 Å². The Kier molecular flexibility index (Phi) is 9.69. The largest absolute Gasteiger partial charge is 0.354 e. The quantitative estimate of drug-likeness (QED) is 0.240. The molecule has 3 amide bonds. The van der Waals surface area contributed by atoms with Crippen LogP contribution < -0.4 is 20.4 Å². The van der Waals surface area contributed by atoms with Crippen LogP contribution in [0, 0.1) is 0 Å². The first-order valence-electron chi connectivity index (χ1n) is 15.7. The molecule has 4 aromatic rings. The average Bonchev–Trinajstić information content (AvgIpc) is 3.06. The molecule has 2 aliphatic heterocycles. The molecule has 1 saturated heterocycles. The van der Waals surface area contributed by atoms with Crippen molar-refractivity contribution in [2.45, 2.75) is 13.1 Å². The number of urea groups is 1. The van der Waals surface area contributed by atoms with E-state index in [0.29, 0.717) is 42.8 Å². The van der Waals surface area contributed by atoms with E-state index in [2.05, 4.69) is 37.4 Å². The summed E-state index contributed by atoms with van der Waals surface area (Å²) >= 11 is 0. The zero-order valence-electron chi connectivity index (χ0n) is 27.0. The van der Waals surface area contributed by atoms with Gasteiger partial charge in [0.05, 0.1) is 24.1 Å². The normalized spacial score (nSPS) is 15.3. The number of nitrogens with zero attached hydrogens (tertiary/aromatic N) is 8. The minimum Gasteiger partial charge on any atom is -0.354 e. The number of amides is 3. The van der Waals surface area contributed by atoms with Gasteiger partial charge in [-0.15, -0.1) is 0 Å². The molecule has 0 radical (unpaired) electrons. The summed E-state index contributed by atoms with van der Waals surface area (Å²) in [6.45, 7) is 5.32. The van der Waals surface area contributed by atoms with E-state index in [1.54, 1.807) is 40.4 Å². The molecule has 12 heteroatoms. The number of piperazine rings is 1. The van der Waals surface area contributed by atoms with Crippen LogP contribution in [0.2, 0.25) is 0 Å². The van der Waals surface area contributed by atoms with Gasteiger partial charge >= 0.3 is 6.03 Å². The minimum atomic E-state index is -0.249. The smallest absolute Gasteiger partial charge is 0.330 e. The van der Waals surface area contributed by atoms with Crippen LogP contribution >= 0.6 is 0 Å². The van der Waals surface area contributed by atoms with Crippen molar-refractivity contribution in [2.24, 2.45) is 0 Å². The number of rotatable bonds is 10. The van der Waals surface area contributed by atoms with Gasteiger partial charge in [0.1, 0.15) is 5.82 Å². The fourth-order valence-electron chi connectivity index (χ4n) is 5.52. The van der Waals surface area contributed by atoms with Gasteiger partial charge in [-0.05, 0) is 57.0 Å². The first-order chi connectivity index (χ1) is 22.8. The Morgan fingerprint density at radius 2 is 1.74 bits per heavy atom. The van der Waals surface area contributed by atoms with E-state index in [9.17, 15) is 9.59 Å². The minimum absolute atomic E-state index is 0.224. The highest BCUT2D eigenvalue weighted by atomic mass is 16.2. The monoisotopic (exact) mass is 632 g/mol. The number of likely N-dealkylation sites (N-methyl/N-ethyl adjacent to an activating group) is 2. The van der Waals surface area contributed by atoms with E-state index < -0.39 is 0 Å². The van der Waals surface area contributed by atoms with E-state index in [0.717, 1.165) is 48.8 Å². The van der Waals surface area contributed by atoms with Crippen molar-refractivity contribution >= 4 is 46.6 Å². The molecule has 47 heavy (non-hydrogen) atoms. The highest BCUT2D eigenvalue weighted by molar-refractivity contribution is 6.03. The molecule has 12 nitrogen and oxygen atoms in total. The van der Waals surface area contributed by atoms with Crippen LogP contribution in [-0.4, -0.2) is 95.5 Å². The summed E-state index contributed by atoms with van der Waals surface area (Å²) in [5.74, 6) is 1.52. The number of benzene rings is 2. The second kappa shape index (κ2) is 14.4. The molecule has 0 bridgehead atoms. The molecule has 1 fully saturated rings. The predicted molar refractivity (Wildman–Crippen MR) is 185 cm³/mol. The standard InChI is InChI=1S/C35H40N10O2/c1-41(2)16-8-13-32(46)38-28-11-7-12-30(21-28)45-33-27(25-44(35(45)47)24-26-9-5-4-6-10-26)22-37-34(40-33)39-29-14-15-31(36-23-29)43-19-17-42(3)18-20-43/h4-15,21-23H,16-20,24-25H2,1-3H3,(H,38,46)(H,37,39,40)/b13-8+. The van der Waals surface area contributed by atoms with E-state index in [-0.39, 0.29) is 11.9 Å². The Bertz CT molecular complexity index is 1720. The topological polar surface area (TPSA) is 113 Å². The van der Waals surface area contributed by atoms with Gasteiger partial charge in [-0.2, -0.15) is 4.98 Å².